The average molecular weight is 234 g/mol. The summed E-state index contributed by atoms with van der Waals surface area (Å²) < 4.78 is 31.7. The van der Waals surface area contributed by atoms with Crippen LogP contribution in [0.5, 0.6) is 0 Å². The maximum absolute atomic E-state index is 13.6. The van der Waals surface area contributed by atoms with Crippen molar-refractivity contribution in [1.82, 2.24) is 10.1 Å². The van der Waals surface area contributed by atoms with E-state index in [-0.39, 0.29) is 5.89 Å². The summed E-state index contributed by atoms with van der Waals surface area (Å²) in [6.45, 7) is 3.79. The molecule has 0 radical (unpaired) electrons. The number of carboxylic acid groups (broad SMARTS) is 1. The Morgan fingerprint density at radius 1 is 1.50 bits per heavy atom. The van der Waals surface area contributed by atoms with E-state index in [2.05, 4.69) is 14.7 Å². The van der Waals surface area contributed by atoms with Gasteiger partial charge in [-0.2, -0.15) is 4.98 Å². The lowest BCUT2D eigenvalue weighted by atomic mass is 9.84. The molecule has 0 saturated heterocycles. The largest absolute Gasteiger partial charge is 0.475 e. The second-order valence-electron chi connectivity index (χ2n) is 3.91. The molecule has 0 unspecified atom stereocenters. The van der Waals surface area contributed by atoms with Crippen LogP contribution in [0, 0.1) is 0 Å². The van der Waals surface area contributed by atoms with Crippen LogP contribution in [-0.4, -0.2) is 27.1 Å². The zero-order valence-electron chi connectivity index (χ0n) is 9.12. The zero-order valence-corrected chi connectivity index (χ0v) is 9.12. The van der Waals surface area contributed by atoms with Gasteiger partial charge in [0.1, 0.15) is 5.41 Å². The molecule has 1 heterocycles. The summed E-state index contributed by atoms with van der Waals surface area (Å²) >= 11 is 0. The molecule has 0 saturated carbocycles. The first-order valence-electron chi connectivity index (χ1n) is 4.67. The molecule has 90 valence electrons. The predicted molar refractivity (Wildman–Crippen MR) is 49.5 cm³/mol. The minimum Gasteiger partial charge on any atom is -0.475 e. The Hall–Kier alpha value is -1.53. The Bertz CT molecular complexity index is 401. The van der Waals surface area contributed by atoms with Gasteiger partial charge >= 0.3 is 5.97 Å². The predicted octanol–water partition coefficient (Wildman–Crippen LogP) is 2.09. The molecule has 0 atom stereocenters. The second kappa shape index (κ2) is 3.80. The van der Waals surface area contributed by atoms with Crippen LogP contribution in [0.2, 0.25) is 0 Å². The molecule has 16 heavy (non-hydrogen) atoms. The summed E-state index contributed by atoms with van der Waals surface area (Å²) in [5.74, 6) is -5.45. The third kappa shape index (κ3) is 1.89. The molecule has 0 fully saturated rings. The summed E-state index contributed by atoms with van der Waals surface area (Å²) in [7, 11) is 0. The van der Waals surface area contributed by atoms with E-state index < -0.39 is 29.6 Å². The Labute approximate surface area is 90.5 Å². The molecule has 0 aliphatic rings. The number of halogens is 2. The molecular weight excluding hydrogens is 222 g/mol. The molecule has 1 N–H and O–H groups in total. The number of hydrogen-bond donors (Lipinski definition) is 1. The van der Waals surface area contributed by atoms with Gasteiger partial charge in [-0.05, 0) is 19.0 Å². The first-order chi connectivity index (χ1) is 7.22. The van der Waals surface area contributed by atoms with Gasteiger partial charge in [0.25, 0.3) is 11.7 Å². The number of alkyl halides is 2. The number of rotatable bonds is 4. The average Bonchev–Trinajstić information content (AvgIpc) is 2.66. The van der Waals surface area contributed by atoms with Crippen LogP contribution in [-0.2, 0) is 5.41 Å². The number of nitrogens with zero attached hydrogens (tertiary/aromatic N) is 2. The fraction of sp³-hybridized carbons (Fsp3) is 0.667. The summed E-state index contributed by atoms with van der Waals surface area (Å²) in [5, 5.41) is 11.7. The van der Waals surface area contributed by atoms with E-state index in [1.807, 2.05) is 0 Å². The lowest BCUT2D eigenvalue weighted by Gasteiger charge is -2.29. The smallest absolute Gasteiger partial charge is 0.377 e. The Morgan fingerprint density at radius 2 is 2.06 bits per heavy atom. The highest BCUT2D eigenvalue weighted by Crippen LogP contribution is 2.40. The molecule has 1 rings (SSSR count). The maximum Gasteiger partial charge on any atom is 0.377 e. The van der Waals surface area contributed by atoms with Crippen molar-refractivity contribution in [3.8, 4) is 0 Å². The highest BCUT2D eigenvalue weighted by Gasteiger charge is 2.50. The number of hydrogen-bond acceptors (Lipinski definition) is 4. The van der Waals surface area contributed by atoms with Gasteiger partial charge in [-0.25, -0.2) is 13.6 Å². The van der Waals surface area contributed by atoms with Gasteiger partial charge in [0.05, 0.1) is 0 Å². The monoisotopic (exact) mass is 234 g/mol. The van der Waals surface area contributed by atoms with Crippen molar-refractivity contribution in [2.45, 2.75) is 38.5 Å². The van der Waals surface area contributed by atoms with Crippen LogP contribution in [0.25, 0.3) is 0 Å². The molecule has 0 aliphatic heterocycles. The number of aromatic nitrogens is 2. The molecular formula is C9H12F2N2O3. The fourth-order valence-corrected chi connectivity index (χ4v) is 1.16. The molecule has 0 aromatic carbocycles. The van der Waals surface area contributed by atoms with E-state index >= 15 is 0 Å². The van der Waals surface area contributed by atoms with Crippen LogP contribution in [0.4, 0.5) is 8.78 Å². The third-order valence-corrected chi connectivity index (χ3v) is 2.51. The quantitative estimate of drug-likeness (QED) is 0.863. The minimum absolute atomic E-state index is 0.378. The first-order valence-corrected chi connectivity index (χ1v) is 4.67. The first kappa shape index (κ1) is 12.5. The van der Waals surface area contributed by atoms with Gasteiger partial charge < -0.3 is 9.63 Å². The normalized spacial score (nSPS) is 12.8. The zero-order chi connectivity index (χ0) is 12.6. The summed E-state index contributed by atoms with van der Waals surface area (Å²) in [4.78, 5) is 13.9. The highest BCUT2D eigenvalue weighted by atomic mass is 19.3. The minimum atomic E-state index is -3.05. The highest BCUT2D eigenvalue weighted by molar-refractivity contribution is 5.82. The molecule has 5 nitrogen and oxygen atoms in total. The molecule has 0 bridgehead atoms. The van der Waals surface area contributed by atoms with Gasteiger partial charge in [0.2, 0.25) is 5.89 Å². The molecule has 0 aliphatic carbocycles. The van der Waals surface area contributed by atoms with E-state index in [1.54, 1.807) is 0 Å². The molecule has 1 aromatic heterocycles. The van der Waals surface area contributed by atoms with Crippen molar-refractivity contribution in [2.24, 2.45) is 0 Å². The number of carbonyl (C=O) groups is 1. The Kier molecular flexibility index (Phi) is 2.98. The van der Waals surface area contributed by atoms with Gasteiger partial charge in [0.15, 0.2) is 0 Å². The topological polar surface area (TPSA) is 76.2 Å². The molecule has 0 amide bonds. The van der Waals surface area contributed by atoms with Crippen molar-refractivity contribution in [2.75, 3.05) is 0 Å². The maximum atomic E-state index is 13.6. The lowest BCUT2D eigenvalue weighted by molar-refractivity contribution is -0.0788. The lowest BCUT2D eigenvalue weighted by Crippen LogP contribution is -2.40. The van der Waals surface area contributed by atoms with Crippen molar-refractivity contribution < 1.29 is 23.2 Å². The second-order valence-corrected chi connectivity index (χ2v) is 3.91. The van der Waals surface area contributed by atoms with Crippen LogP contribution >= 0.6 is 0 Å². The third-order valence-electron chi connectivity index (χ3n) is 2.51. The number of aromatic carboxylic acids is 1. The molecule has 1 aromatic rings. The summed E-state index contributed by atoms with van der Waals surface area (Å²) in [6, 6.07) is 0. The van der Waals surface area contributed by atoms with Crippen molar-refractivity contribution in [1.29, 1.82) is 0 Å². The van der Waals surface area contributed by atoms with Crippen molar-refractivity contribution in [3.05, 3.63) is 11.7 Å². The van der Waals surface area contributed by atoms with Gasteiger partial charge in [0, 0.05) is 6.42 Å². The van der Waals surface area contributed by atoms with E-state index in [0.29, 0.717) is 0 Å². The summed E-state index contributed by atoms with van der Waals surface area (Å²) in [5.41, 5.74) is -1.69. The van der Waals surface area contributed by atoms with Gasteiger partial charge in [-0.15, -0.1) is 0 Å². The Morgan fingerprint density at radius 3 is 2.44 bits per heavy atom. The number of carboxylic acids is 1. The van der Waals surface area contributed by atoms with Crippen LogP contribution in [0.3, 0.4) is 0 Å². The van der Waals surface area contributed by atoms with Gasteiger partial charge in [-0.3, -0.25) is 0 Å². The van der Waals surface area contributed by atoms with E-state index in [1.165, 1.54) is 20.8 Å². The van der Waals surface area contributed by atoms with E-state index in [0.717, 1.165) is 0 Å². The van der Waals surface area contributed by atoms with Crippen molar-refractivity contribution >= 4 is 5.97 Å². The van der Waals surface area contributed by atoms with Crippen molar-refractivity contribution in [3.63, 3.8) is 0 Å². The summed E-state index contributed by atoms with van der Waals surface area (Å²) in [6.07, 6.45) is -0.398. The molecule has 7 heteroatoms. The molecule has 0 spiro atoms. The van der Waals surface area contributed by atoms with E-state index in [4.69, 9.17) is 5.11 Å². The fourth-order valence-electron chi connectivity index (χ4n) is 1.16. The van der Waals surface area contributed by atoms with Crippen LogP contribution in [0.15, 0.2) is 4.52 Å². The SMILES string of the molecule is CCC(F)(F)C(C)(C)c1nc(C(=O)O)no1. The Balaban J connectivity index is 3.12. The van der Waals surface area contributed by atoms with E-state index in [9.17, 15) is 13.6 Å². The standard InChI is InChI=1S/C9H12F2N2O3/c1-4-9(10,11)8(2,3)7-12-5(6(14)15)13-16-7/h4H2,1-3H3,(H,14,15). The van der Waals surface area contributed by atoms with Crippen LogP contribution in [0.1, 0.15) is 43.7 Å². The van der Waals surface area contributed by atoms with Crippen LogP contribution < -0.4 is 0 Å². The van der Waals surface area contributed by atoms with Gasteiger partial charge in [-0.1, -0.05) is 6.92 Å².